The lowest BCUT2D eigenvalue weighted by Crippen LogP contribution is -2.50. The third kappa shape index (κ3) is 4.02. The molecule has 0 saturated carbocycles. The van der Waals surface area contributed by atoms with Gasteiger partial charge in [0.25, 0.3) is 0 Å². The molecule has 0 amide bonds. The molecule has 3 rings (SSSR count). The molecule has 4 nitrogen and oxygen atoms in total. The van der Waals surface area contributed by atoms with Crippen molar-refractivity contribution in [3.8, 4) is 0 Å². The summed E-state index contributed by atoms with van der Waals surface area (Å²) >= 11 is 5.89. The van der Waals surface area contributed by atoms with E-state index >= 15 is 0 Å². The van der Waals surface area contributed by atoms with Crippen LogP contribution >= 0.6 is 11.6 Å². The molecule has 6 heteroatoms. The smallest absolute Gasteiger partial charge is 0.153 e. The van der Waals surface area contributed by atoms with E-state index in [0.717, 1.165) is 23.7 Å². The number of benzene rings is 1. The van der Waals surface area contributed by atoms with Gasteiger partial charge >= 0.3 is 0 Å². The molecule has 2 heterocycles. The Kier molecular flexibility index (Phi) is 5.07. The molecule has 0 bridgehead atoms. The van der Waals surface area contributed by atoms with Crippen LogP contribution in [0.4, 0.5) is 0 Å². The summed E-state index contributed by atoms with van der Waals surface area (Å²) in [6.07, 6.45) is 3.62. The minimum absolute atomic E-state index is 0.0266. The monoisotopic (exact) mass is 342 g/mol. The Bertz CT molecular complexity index is 597. The van der Waals surface area contributed by atoms with Crippen LogP contribution in [0.2, 0.25) is 5.02 Å². The summed E-state index contributed by atoms with van der Waals surface area (Å²) in [6, 6.07) is 7.85. The second-order valence-electron chi connectivity index (χ2n) is 6.35. The highest BCUT2D eigenvalue weighted by molar-refractivity contribution is 7.91. The lowest BCUT2D eigenvalue weighted by molar-refractivity contribution is 0.155. The normalized spacial score (nSPS) is 28.8. The molecular weight excluding hydrogens is 320 g/mol. The van der Waals surface area contributed by atoms with Crippen LogP contribution < -0.4 is 5.32 Å². The minimum Gasteiger partial charge on any atom is -0.307 e. The predicted molar refractivity (Wildman–Crippen MR) is 89.9 cm³/mol. The van der Waals surface area contributed by atoms with Gasteiger partial charge in [0.15, 0.2) is 9.84 Å². The molecule has 0 unspecified atom stereocenters. The summed E-state index contributed by atoms with van der Waals surface area (Å²) in [5, 5.41) is 4.18. The molecule has 1 aromatic carbocycles. The molecule has 0 spiro atoms. The van der Waals surface area contributed by atoms with E-state index in [2.05, 4.69) is 10.2 Å². The number of nitrogens with zero attached hydrogens (tertiary/aromatic N) is 1. The maximum absolute atomic E-state index is 12.1. The SMILES string of the molecule is O=S1(=O)C[C@H](NCc2ccc(Cl)cc2)[C@H](N2CCCCC2)C1. The topological polar surface area (TPSA) is 49.4 Å². The Hall–Kier alpha value is -0.620. The van der Waals surface area contributed by atoms with E-state index in [9.17, 15) is 8.42 Å². The van der Waals surface area contributed by atoms with Crippen molar-refractivity contribution in [1.82, 2.24) is 10.2 Å². The van der Waals surface area contributed by atoms with Crippen LogP contribution in [0.25, 0.3) is 0 Å². The Labute approximate surface area is 137 Å². The molecule has 0 aromatic heterocycles. The zero-order valence-electron chi connectivity index (χ0n) is 12.7. The van der Waals surface area contributed by atoms with E-state index in [-0.39, 0.29) is 17.8 Å². The van der Waals surface area contributed by atoms with Crippen molar-refractivity contribution in [2.75, 3.05) is 24.6 Å². The lowest BCUT2D eigenvalue weighted by Gasteiger charge is -2.35. The third-order valence-corrected chi connectivity index (χ3v) is 6.63. The molecular formula is C16H23ClN2O2S. The summed E-state index contributed by atoms with van der Waals surface area (Å²) in [5.41, 5.74) is 1.13. The number of hydrogen-bond acceptors (Lipinski definition) is 4. The van der Waals surface area contributed by atoms with E-state index in [1.54, 1.807) is 0 Å². The fourth-order valence-corrected chi connectivity index (χ4v) is 5.60. The largest absolute Gasteiger partial charge is 0.307 e. The van der Waals surface area contributed by atoms with Gasteiger partial charge in [0.05, 0.1) is 11.5 Å². The van der Waals surface area contributed by atoms with Gasteiger partial charge in [0.2, 0.25) is 0 Å². The van der Waals surface area contributed by atoms with Gasteiger partial charge in [-0.1, -0.05) is 30.2 Å². The van der Waals surface area contributed by atoms with Crippen LogP contribution in [0.3, 0.4) is 0 Å². The van der Waals surface area contributed by atoms with Crippen molar-refractivity contribution < 1.29 is 8.42 Å². The first kappa shape index (κ1) is 16.2. The van der Waals surface area contributed by atoms with E-state index in [1.807, 2.05) is 24.3 Å². The summed E-state index contributed by atoms with van der Waals surface area (Å²) in [7, 11) is -2.93. The molecule has 2 aliphatic heterocycles. The second-order valence-corrected chi connectivity index (χ2v) is 8.94. The highest BCUT2D eigenvalue weighted by Crippen LogP contribution is 2.22. The molecule has 1 aromatic rings. The number of sulfone groups is 1. The van der Waals surface area contributed by atoms with Crippen LogP contribution in [-0.4, -0.2) is 50.0 Å². The number of piperidine rings is 1. The van der Waals surface area contributed by atoms with Gasteiger partial charge in [0.1, 0.15) is 0 Å². The summed E-state index contributed by atoms with van der Waals surface area (Å²) in [5.74, 6) is 0.549. The third-order valence-electron chi connectivity index (χ3n) is 4.66. The first-order chi connectivity index (χ1) is 10.5. The van der Waals surface area contributed by atoms with E-state index < -0.39 is 9.84 Å². The zero-order chi connectivity index (χ0) is 15.6. The summed E-state index contributed by atoms with van der Waals surface area (Å²) in [6.45, 7) is 2.74. The van der Waals surface area contributed by atoms with Crippen molar-refractivity contribution in [2.24, 2.45) is 0 Å². The molecule has 2 fully saturated rings. The molecule has 22 heavy (non-hydrogen) atoms. The van der Waals surface area contributed by atoms with Crippen molar-refractivity contribution in [3.63, 3.8) is 0 Å². The van der Waals surface area contributed by atoms with Crippen LogP contribution in [0.1, 0.15) is 24.8 Å². The van der Waals surface area contributed by atoms with Crippen LogP contribution in [0.15, 0.2) is 24.3 Å². The molecule has 2 aliphatic rings. The Morgan fingerprint density at radius 1 is 1.09 bits per heavy atom. The van der Waals surface area contributed by atoms with Gasteiger partial charge in [-0.3, -0.25) is 4.90 Å². The fourth-order valence-electron chi connectivity index (χ4n) is 3.49. The molecule has 2 saturated heterocycles. The summed E-state index contributed by atoms with van der Waals surface area (Å²) in [4.78, 5) is 2.37. The number of rotatable bonds is 4. The maximum Gasteiger partial charge on any atom is 0.153 e. The maximum atomic E-state index is 12.1. The van der Waals surface area contributed by atoms with Gasteiger partial charge in [-0.2, -0.15) is 0 Å². The Morgan fingerprint density at radius 2 is 1.77 bits per heavy atom. The first-order valence-corrected chi connectivity index (χ1v) is 10.2. The van der Waals surface area contributed by atoms with Crippen molar-refractivity contribution in [3.05, 3.63) is 34.9 Å². The van der Waals surface area contributed by atoms with Gasteiger partial charge in [0, 0.05) is 23.7 Å². The van der Waals surface area contributed by atoms with Crippen LogP contribution in [-0.2, 0) is 16.4 Å². The Balaban J connectivity index is 1.65. The highest BCUT2D eigenvalue weighted by atomic mass is 35.5. The van der Waals surface area contributed by atoms with Gasteiger partial charge in [-0.05, 0) is 43.6 Å². The predicted octanol–water partition coefficient (Wildman–Crippen LogP) is 2.08. The van der Waals surface area contributed by atoms with Crippen LogP contribution in [0.5, 0.6) is 0 Å². The molecule has 1 N–H and O–H groups in total. The summed E-state index contributed by atoms with van der Waals surface area (Å²) < 4.78 is 24.1. The lowest BCUT2D eigenvalue weighted by atomic mass is 10.0. The molecule has 122 valence electrons. The van der Waals surface area contributed by atoms with Crippen LogP contribution in [0, 0.1) is 0 Å². The highest BCUT2D eigenvalue weighted by Gasteiger charge is 2.40. The van der Waals surface area contributed by atoms with Gasteiger partial charge in [-0.15, -0.1) is 0 Å². The average Bonchev–Trinajstić information content (AvgIpc) is 2.83. The number of halogens is 1. The van der Waals surface area contributed by atoms with Crippen molar-refractivity contribution in [2.45, 2.75) is 37.9 Å². The second kappa shape index (κ2) is 6.87. The number of likely N-dealkylation sites (tertiary alicyclic amines) is 1. The quantitative estimate of drug-likeness (QED) is 0.910. The Morgan fingerprint density at radius 3 is 2.45 bits per heavy atom. The molecule has 0 radical (unpaired) electrons. The van der Waals surface area contributed by atoms with Gasteiger partial charge in [-0.25, -0.2) is 8.42 Å². The van der Waals surface area contributed by atoms with E-state index in [4.69, 9.17) is 11.6 Å². The first-order valence-electron chi connectivity index (χ1n) is 7.96. The van der Waals surface area contributed by atoms with E-state index in [1.165, 1.54) is 19.3 Å². The average molecular weight is 343 g/mol. The minimum atomic E-state index is -2.93. The zero-order valence-corrected chi connectivity index (χ0v) is 14.2. The molecule has 0 aliphatic carbocycles. The van der Waals surface area contributed by atoms with E-state index in [0.29, 0.717) is 12.3 Å². The number of hydrogen-bond donors (Lipinski definition) is 1. The van der Waals surface area contributed by atoms with Crippen molar-refractivity contribution in [1.29, 1.82) is 0 Å². The fraction of sp³-hybridized carbons (Fsp3) is 0.625. The number of nitrogens with one attached hydrogen (secondary N) is 1. The standard InChI is InChI=1S/C16H23ClN2O2S/c17-14-6-4-13(5-7-14)10-18-15-11-22(20,21)12-16(15)19-8-2-1-3-9-19/h4-7,15-16,18H,1-3,8-12H2/t15-,16+/m0/s1. The van der Waals surface area contributed by atoms with Crippen molar-refractivity contribution >= 4 is 21.4 Å². The molecule has 2 atom stereocenters. The van der Waals surface area contributed by atoms with Gasteiger partial charge < -0.3 is 5.32 Å².